The maximum Gasteiger partial charge on any atom is 0.324 e. The number of pyridine rings is 1. The first-order valence-corrected chi connectivity index (χ1v) is 9.65. The van der Waals surface area contributed by atoms with E-state index in [1.165, 1.54) is 5.56 Å². The molecule has 0 bridgehead atoms. The van der Waals surface area contributed by atoms with Crippen molar-refractivity contribution in [3.63, 3.8) is 0 Å². The molecular weight excluding hydrogens is 378 g/mol. The molecule has 1 aliphatic rings. The fraction of sp³-hybridized carbons (Fsp3) is 0.350. The lowest BCUT2D eigenvalue weighted by atomic mass is 10.2. The van der Waals surface area contributed by atoms with Gasteiger partial charge in [0, 0.05) is 55.6 Å². The molecule has 0 amide bonds. The summed E-state index contributed by atoms with van der Waals surface area (Å²) in [6.07, 6.45) is 2.76. The number of halogens is 1. The fourth-order valence-electron chi connectivity index (χ4n) is 3.26. The van der Waals surface area contributed by atoms with Gasteiger partial charge in [0.05, 0.1) is 7.11 Å². The lowest BCUT2D eigenvalue weighted by Gasteiger charge is -2.33. The molecule has 1 aliphatic heterocycles. The maximum atomic E-state index is 6.04. The smallest absolute Gasteiger partial charge is 0.324 e. The van der Waals surface area contributed by atoms with Gasteiger partial charge >= 0.3 is 6.01 Å². The predicted molar refractivity (Wildman–Crippen MR) is 108 cm³/mol. The molecule has 0 atom stereocenters. The van der Waals surface area contributed by atoms with E-state index in [1.807, 2.05) is 36.4 Å². The number of rotatable bonds is 6. The molecule has 2 aromatic heterocycles. The van der Waals surface area contributed by atoms with E-state index in [2.05, 4.69) is 24.9 Å². The topological polar surface area (TPSA) is 67.5 Å². The Labute approximate surface area is 168 Å². The van der Waals surface area contributed by atoms with Crippen molar-refractivity contribution in [2.75, 3.05) is 44.7 Å². The Hall–Kier alpha value is -2.64. The van der Waals surface area contributed by atoms with Crippen LogP contribution in [0, 0.1) is 0 Å². The van der Waals surface area contributed by atoms with Crippen LogP contribution in [0.2, 0.25) is 5.02 Å². The molecule has 1 aromatic carbocycles. The highest BCUT2D eigenvalue weighted by atomic mass is 35.5. The maximum absolute atomic E-state index is 6.04. The molecule has 28 heavy (non-hydrogen) atoms. The summed E-state index contributed by atoms with van der Waals surface area (Å²) in [4.78, 5) is 13.3. The molecule has 3 heterocycles. The highest BCUT2D eigenvalue weighted by Gasteiger charge is 2.21. The summed E-state index contributed by atoms with van der Waals surface area (Å²) in [5, 5.41) is 4.75. The summed E-state index contributed by atoms with van der Waals surface area (Å²) in [6.45, 7) is 4.63. The quantitative estimate of drug-likeness (QED) is 0.630. The second-order valence-electron chi connectivity index (χ2n) is 6.70. The van der Waals surface area contributed by atoms with Crippen molar-refractivity contribution in [2.24, 2.45) is 0 Å². The van der Waals surface area contributed by atoms with Crippen LogP contribution in [-0.2, 0) is 6.42 Å². The summed E-state index contributed by atoms with van der Waals surface area (Å²) < 4.78 is 10.7. The minimum absolute atomic E-state index is 0.562. The largest absolute Gasteiger partial charge is 0.481 e. The summed E-state index contributed by atoms with van der Waals surface area (Å²) in [7, 11) is 1.64. The van der Waals surface area contributed by atoms with Gasteiger partial charge in [-0.2, -0.15) is 4.98 Å². The van der Waals surface area contributed by atoms with Gasteiger partial charge in [-0.1, -0.05) is 28.9 Å². The number of methoxy groups -OCH3 is 1. The number of aromatic nitrogens is 3. The van der Waals surface area contributed by atoms with E-state index in [1.54, 1.807) is 13.3 Å². The van der Waals surface area contributed by atoms with Crippen molar-refractivity contribution in [3.8, 4) is 17.3 Å². The van der Waals surface area contributed by atoms with Gasteiger partial charge in [-0.15, -0.1) is 0 Å². The lowest BCUT2D eigenvalue weighted by molar-refractivity contribution is 0.253. The van der Waals surface area contributed by atoms with Gasteiger partial charge in [-0.3, -0.25) is 4.90 Å². The first-order chi connectivity index (χ1) is 13.7. The number of ether oxygens (including phenoxy) is 1. The number of hydrogen-bond acceptors (Lipinski definition) is 7. The van der Waals surface area contributed by atoms with Crippen molar-refractivity contribution in [1.29, 1.82) is 0 Å². The third kappa shape index (κ3) is 4.43. The second-order valence-corrected chi connectivity index (χ2v) is 7.13. The molecule has 4 rings (SSSR count). The van der Waals surface area contributed by atoms with E-state index >= 15 is 0 Å². The standard InChI is InChI=1S/C20H22ClN5O2/c1-27-18-13-15(5-7-22-18)6-8-25-9-11-26(12-10-25)20-23-19(24-28-20)16-3-2-4-17(21)14-16/h2-5,7,13-14H,6,8-12H2,1H3. The van der Waals surface area contributed by atoms with Crippen LogP contribution in [-0.4, -0.2) is 59.9 Å². The Kier molecular flexibility index (Phi) is 5.73. The van der Waals surface area contributed by atoms with E-state index in [9.17, 15) is 0 Å². The van der Waals surface area contributed by atoms with Gasteiger partial charge in [0.25, 0.3) is 0 Å². The van der Waals surface area contributed by atoms with E-state index in [0.717, 1.165) is 44.7 Å². The van der Waals surface area contributed by atoms with Crippen LogP contribution in [0.4, 0.5) is 6.01 Å². The Morgan fingerprint density at radius 2 is 2.00 bits per heavy atom. The minimum Gasteiger partial charge on any atom is -0.481 e. The zero-order valence-corrected chi connectivity index (χ0v) is 16.5. The molecule has 0 radical (unpaired) electrons. The van der Waals surface area contributed by atoms with Crippen LogP contribution in [0.3, 0.4) is 0 Å². The monoisotopic (exact) mass is 399 g/mol. The van der Waals surface area contributed by atoms with Gasteiger partial charge in [0.2, 0.25) is 11.7 Å². The highest BCUT2D eigenvalue weighted by Crippen LogP contribution is 2.23. The SMILES string of the molecule is COc1cc(CCN2CCN(c3nc(-c4cccc(Cl)c4)no3)CC2)ccn1. The molecule has 1 saturated heterocycles. The van der Waals surface area contributed by atoms with Gasteiger partial charge < -0.3 is 14.2 Å². The summed E-state index contributed by atoms with van der Waals surface area (Å²) in [6, 6.07) is 12.1. The Bertz CT molecular complexity index is 924. The molecule has 0 aliphatic carbocycles. The van der Waals surface area contributed by atoms with Crippen molar-refractivity contribution >= 4 is 17.6 Å². The molecule has 8 heteroatoms. The Morgan fingerprint density at radius 3 is 2.79 bits per heavy atom. The lowest BCUT2D eigenvalue weighted by Crippen LogP contribution is -2.47. The number of piperazine rings is 1. The molecule has 146 valence electrons. The average molecular weight is 400 g/mol. The second kappa shape index (κ2) is 8.58. The molecule has 0 spiro atoms. The molecule has 7 nitrogen and oxygen atoms in total. The van der Waals surface area contributed by atoms with Crippen LogP contribution in [0.15, 0.2) is 47.1 Å². The predicted octanol–water partition coefficient (Wildman–Crippen LogP) is 3.16. The molecule has 0 unspecified atom stereocenters. The molecule has 0 N–H and O–H groups in total. The normalized spacial score (nSPS) is 15.0. The van der Waals surface area contributed by atoms with E-state index < -0.39 is 0 Å². The highest BCUT2D eigenvalue weighted by molar-refractivity contribution is 6.30. The van der Waals surface area contributed by atoms with Gasteiger partial charge in [0.15, 0.2) is 0 Å². The van der Waals surface area contributed by atoms with Gasteiger partial charge in [-0.05, 0) is 30.2 Å². The number of hydrogen-bond donors (Lipinski definition) is 0. The Balaban J connectivity index is 1.30. The van der Waals surface area contributed by atoms with Crippen LogP contribution in [0.5, 0.6) is 5.88 Å². The zero-order chi connectivity index (χ0) is 19.3. The minimum atomic E-state index is 0.562. The van der Waals surface area contributed by atoms with Crippen molar-refractivity contribution in [2.45, 2.75) is 6.42 Å². The van der Waals surface area contributed by atoms with E-state index in [0.29, 0.717) is 22.7 Å². The third-order valence-corrected chi connectivity index (χ3v) is 5.10. The third-order valence-electron chi connectivity index (χ3n) is 4.87. The fourth-order valence-corrected chi connectivity index (χ4v) is 3.45. The van der Waals surface area contributed by atoms with Crippen LogP contribution >= 0.6 is 11.6 Å². The van der Waals surface area contributed by atoms with Crippen LogP contribution < -0.4 is 9.64 Å². The molecule has 0 saturated carbocycles. The van der Waals surface area contributed by atoms with Crippen molar-refractivity contribution in [3.05, 3.63) is 53.2 Å². The molecular formula is C20H22ClN5O2. The van der Waals surface area contributed by atoms with Crippen molar-refractivity contribution in [1.82, 2.24) is 20.0 Å². The number of anilines is 1. The first kappa shape index (κ1) is 18.7. The van der Waals surface area contributed by atoms with E-state index in [4.69, 9.17) is 20.9 Å². The molecule has 1 fully saturated rings. The first-order valence-electron chi connectivity index (χ1n) is 9.27. The van der Waals surface area contributed by atoms with Crippen LogP contribution in [0.25, 0.3) is 11.4 Å². The zero-order valence-electron chi connectivity index (χ0n) is 15.7. The molecule has 3 aromatic rings. The summed E-state index contributed by atoms with van der Waals surface area (Å²) >= 11 is 6.04. The average Bonchev–Trinajstić information content (AvgIpc) is 3.23. The number of benzene rings is 1. The van der Waals surface area contributed by atoms with Gasteiger partial charge in [-0.25, -0.2) is 4.98 Å². The summed E-state index contributed by atoms with van der Waals surface area (Å²) in [5.74, 6) is 1.22. The van der Waals surface area contributed by atoms with Crippen molar-refractivity contribution < 1.29 is 9.26 Å². The summed E-state index contributed by atoms with van der Waals surface area (Å²) in [5.41, 5.74) is 2.09. The van der Waals surface area contributed by atoms with Crippen LogP contribution in [0.1, 0.15) is 5.56 Å². The van der Waals surface area contributed by atoms with E-state index in [-0.39, 0.29) is 0 Å². The van der Waals surface area contributed by atoms with Gasteiger partial charge in [0.1, 0.15) is 0 Å². The number of nitrogens with zero attached hydrogens (tertiary/aromatic N) is 5. The Morgan fingerprint density at radius 1 is 1.14 bits per heavy atom.